The van der Waals surface area contributed by atoms with Gasteiger partial charge in [0.15, 0.2) is 8.07 Å². The van der Waals surface area contributed by atoms with Gasteiger partial charge in [-0.3, -0.25) is 0 Å². The van der Waals surface area contributed by atoms with Crippen molar-refractivity contribution in [1.82, 2.24) is 9.13 Å². The maximum atomic E-state index is 6.64. The summed E-state index contributed by atoms with van der Waals surface area (Å²) in [5.41, 5.74) is 17.2. The lowest BCUT2D eigenvalue weighted by atomic mass is 9.97. The van der Waals surface area contributed by atoms with Gasteiger partial charge in [0.05, 0.1) is 22.1 Å². The van der Waals surface area contributed by atoms with E-state index in [4.69, 9.17) is 8.83 Å². The second-order valence-corrected chi connectivity index (χ2v) is 31.6. The molecule has 6 heterocycles. The van der Waals surface area contributed by atoms with Crippen LogP contribution in [0.25, 0.3) is 173 Å². The van der Waals surface area contributed by atoms with Gasteiger partial charge in [-0.1, -0.05) is 218 Å². The van der Waals surface area contributed by atoms with Crippen molar-refractivity contribution in [2.75, 3.05) is 0 Å². The molecule has 0 aliphatic rings. The zero-order chi connectivity index (χ0) is 63.5. The molecule has 0 atom stereocenters. The molecule has 7 heteroatoms. The average molecular weight is 1290 g/mol. The third-order valence-corrected chi connectivity index (χ3v) is 28.3. The number of para-hydroxylation sites is 3. The van der Waals surface area contributed by atoms with E-state index in [-0.39, 0.29) is 0 Å². The Labute approximate surface area is 565 Å². The molecular weight excluding hydrogens is 1230 g/mol. The summed E-state index contributed by atoms with van der Waals surface area (Å²) in [6.07, 6.45) is 0. The lowest BCUT2D eigenvalue weighted by molar-refractivity contribution is 0.668. The van der Waals surface area contributed by atoms with Gasteiger partial charge in [-0.05, 0) is 163 Å². The Hall–Kier alpha value is -11.8. The van der Waals surface area contributed by atoms with E-state index in [0.29, 0.717) is 0 Å². The van der Waals surface area contributed by atoms with E-state index < -0.39 is 8.07 Å². The van der Waals surface area contributed by atoms with Crippen molar-refractivity contribution >= 4 is 179 Å². The summed E-state index contributed by atoms with van der Waals surface area (Å²) in [6, 6.07) is 122. The molecule has 6 aromatic heterocycles. The van der Waals surface area contributed by atoms with Crippen molar-refractivity contribution in [3.63, 3.8) is 0 Å². The highest BCUT2D eigenvalue weighted by Gasteiger charge is 2.45. The zero-order valence-corrected chi connectivity index (χ0v) is 54.8. The van der Waals surface area contributed by atoms with Crippen LogP contribution in [-0.2, 0) is 0 Å². The van der Waals surface area contributed by atoms with Crippen molar-refractivity contribution in [3.05, 3.63) is 328 Å². The maximum Gasteiger partial charge on any atom is 0.182 e. The maximum absolute atomic E-state index is 6.64. The fourth-order valence-electron chi connectivity index (χ4n) is 16.3. The first-order valence-corrected chi connectivity index (χ1v) is 36.7. The monoisotopic (exact) mass is 1290 g/mol. The molecule has 0 saturated heterocycles. The van der Waals surface area contributed by atoms with E-state index in [2.05, 4.69) is 337 Å². The van der Waals surface area contributed by atoms with Gasteiger partial charge in [-0.25, -0.2) is 0 Å². The van der Waals surface area contributed by atoms with Crippen LogP contribution in [0.3, 0.4) is 0 Å². The molecule has 0 aliphatic heterocycles. The van der Waals surface area contributed by atoms with Crippen LogP contribution in [-0.4, -0.2) is 17.2 Å². The molecule has 452 valence electrons. The number of hydrogen-bond acceptors (Lipinski definition) is 4. The van der Waals surface area contributed by atoms with Crippen LogP contribution in [0, 0.1) is 0 Å². The molecule has 0 fully saturated rings. The molecule has 21 rings (SSSR count). The van der Waals surface area contributed by atoms with Crippen LogP contribution < -0.4 is 20.7 Å². The van der Waals surface area contributed by atoms with Gasteiger partial charge in [0.1, 0.15) is 22.3 Å². The topological polar surface area (TPSA) is 36.1 Å². The highest BCUT2D eigenvalue weighted by molar-refractivity contribution is 7.33. The van der Waals surface area contributed by atoms with Crippen molar-refractivity contribution in [2.45, 2.75) is 0 Å². The molecule has 4 nitrogen and oxygen atoms in total. The lowest BCUT2D eigenvalue weighted by Gasteiger charge is -2.35. The molecule has 97 heavy (non-hydrogen) atoms. The molecule has 15 aromatic carbocycles. The first kappa shape index (κ1) is 54.5. The highest BCUT2D eigenvalue weighted by atomic mass is 32.1. The third kappa shape index (κ3) is 8.14. The number of thiophene rings is 2. The Bertz CT molecular complexity index is 6670. The number of furan rings is 2. The van der Waals surface area contributed by atoms with E-state index in [9.17, 15) is 0 Å². The van der Waals surface area contributed by atoms with Gasteiger partial charge in [-0.2, -0.15) is 0 Å². The van der Waals surface area contributed by atoms with Gasteiger partial charge >= 0.3 is 0 Å². The zero-order valence-electron chi connectivity index (χ0n) is 52.2. The summed E-state index contributed by atoms with van der Waals surface area (Å²) in [6.45, 7) is 0. The Kier molecular flexibility index (Phi) is 11.9. The summed E-state index contributed by atoms with van der Waals surface area (Å²) >= 11 is 3.88. The van der Waals surface area contributed by atoms with Crippen LogP contribution in [0.2, 0.25) is 0 Å². The number of benzene rings is 15. The second-order valence-electron chi connectivity index (χ2n) is 25.8. The van der Waals surface area contributed by atoms with Gasteiger partial charge in [-0.15, -0.1) is 22.7 Å². The summed E-state index contributed by atoms with van der Waals surface area (Å²) in [4.78, 5) is 0. The Balaban J connectivity index is 0.650. The molecule has 0 spiro atoms. The molecule has 0 unspecified atom stereocenters. The molecule has 0 bridgehead atoms. The van der Waals surface area contributed by atoms with Crippen molar-refractivity contribution < 1.29 is 8.83 Å². The van der Waals surface area contributed by atoms with E-state index in [1.165, 1.54) is 105 Å². The van der Waals surface area contributed by atoms with Crippen molar-refractivity contribution in [3.8, 4) is 44.8 Å². The van der Waals surface area contributed by atoms with Crippen LogP contribution >= 0.6 is 22.7 Å². The van der Waals surface area contributed by atoms with Gasteiger partial charge in [0.2, 0.25) is 0 Å². The van der Waals surface area contributed by atoms with Gasteiger partial charge in [0.25, 0.3) is 0 Å². The Morgan fingerprint density at radius 1 is 0.227 bits per heavy atom. The molecule has 0 N–H and O–H groups in total. The predicted octanol–water partition coefficient (Wildman–Crippen LogP) is 22.8. The van der Waals surface area contributed by atoms with Crippen LogP contribution in [0.15, 0.2) is 336 Å². The van der Waals surface area contributed by atoms with E-state index in [1.54, 1.807) is 0 Å². The molecule has 0 amide bonds. The summed E-state index contributed by atoms with van der Waals surface area (Å²) < 4.78 is 23.3. The van der Waals surface area contributed by atoms with E-state index in [1.807, 2.05) is 22.7 Å². The molecule has 21 aromatic rings. The van der Waals surface area contributed by atoms with Gasteiger partial charge < -0.3 is 18.0 Å². The number of aromatic nitrogens is 2. The second kappa shape index (κ2) is 21.1. The minimum Gasteiger partial charge on any atom is -0.456 e. The first-order valence-electron chi connectivity index (χ1n) is 33.1. The Morgan fingerprint density at radius 2 is 0.588 bits per heavy atom. The minimum absolute atomic E-state index is 0.860. The summed E-state index contributed by atoms with van der Waals surface area (Å²) in [5, 5.41) is 20.1. The van der Waals surface area contributed by atoms with Crippen molar-refractivity contribution in [2.24, 2.45) is 0 Å². The molecule has 0 aliphatic carbocycles. The Morgan fingerprint density at radius 3 is 1.11 bits per heavy atom. The molecular formula is C90H54N2O2S2Si. The van der Waals surface area contributed by atoms with Crippen LogP contribution in [0.1, 0.15) is 0 Å². The van der Waals surface area contributed by atoms with Gasteiger partial charge in [0, 0.05) is 94.8 Å². The quantitative estimate of drug-likeness (QED) is 0.107. The third-order valence-electron chi connectivity index (χ3n) is 20.7. The smallest absolute Gasteiger partial charge is 0.182 e. The number of rotatable bonds is 9. The number of nitrogens with zero attached hydrogens (tertiary/aromatic N) is 2. The van der Waals surface area contributed by atoms with Crippen LogP contribution in [0.5, 0.6) is 0 Å². The van der Waals surface area contributed by atoms with E-state index in [0.717, 1.165) is 88.5 Å². The summed E-state index contributed by atoms with van der Waals surface area (Å²) in [7, 11) is -3.08. The predicted molar refractivity (Wildman–Crippen MR) is 415 cm³/mol. The first-order chi connectivity index (χ1) is 48.1. The summed E-state index contributed by atoms with van der Waals surface area (Å²) in [5.74, 6) is 0. The normalized spacial score (nSPS) is 12.3. The standard InChI is InChI=1S/C90H54N2O2S2Si/c1-2-19-63(20-3-1)97(87-33-15-26-70-68-24-7-12-31-85(68)95-89(70)87,88-34-16-27-71-69-25-8-13-32-86(69)96-90(71)88)64-42-35-55(36-43-64)58-37-44-80-72(50-58)67-23-6-11-30-79(67)92(80)62-41-48-84-76(54-62)74-52-60(39-46-82(74)94-84)57-18-14-17-56(49-57)59-38-45-81-73(51-59)75-53-61(40-47-83(75)93-81)91-77-28-9-4-21-65(77)66-22-5-10-29-78(66)91/h1-54H. The highest BCUT2D eigenvalue weighted by Crippen LogP contribution is 2.43. The van der Waals surface area contributed by atoms with E-state index >= 15 is 0 Å². The largest absolute Gasteiger partial charge is 0.456 e. The molecule has 0 saturated carbocycles. The average Bonchev–Trinajstić information content (AvgIpc) is 1.70. The number of hydrogen-bond donors (Lipinski definition) is 0. The van der Waals surface area contributed by atoms with Crippen molar-refractivity contribution in [1.29, 1.82) is 0 Å². The SMILES string of the molecule is c1ccc([Si](c2ccc(-c3ccc4c(c3)c3ccccc3n4-c3ccc4oc5ccc(-c6cccc(-c7ccc8oc9ccc(-n%10c%11ccccc%11c%11ccccc%11%10)cc9c8c7)c6)cc5c4c3)cc2)(c2cccc3c2sc2ccccc23)c2cccc3c2sc2ccccc23)cc1. The number of fused-ring (bicyclic) bond motifs is 18. The minimum atomic E-state index is -3.08. The fourth-order valence-corrected chi connectivity index (χ4v) is 24.6. The fraction of sp³-hybridized carbons (Fsp3) is 0. The van der Waals surface area contributed by atoms with Crippen LogP contribution in [0.4, 0.5) is 0 Å². The lowest BCUT2D eigenvalue weighted by Crippen LogP contribution is -2.74. The molecule has 0 radical (unpaired) electrons.